The van der Waals surface area contributed by atoms with Crippen molar-refractivity contribution in [1.29, 1.82) is 0 Å². The second kappa shape index (κ2) is 7.08. The quantitative estimate of drug-likeness (QED) is 0.662. The maximum atomic E-state index is 12.9. The molecule has 0 saturated heterocycles. The summed E-state index contributed by atoms with van der Waals surface area (Å²) in [6, 6.07) is 19.5. The molecule has 0 fully saturated rings. The van der Waals surface area contributed by atoms with Gasteiger partial charge in [0, 0.05) is 18.4 Å². The number of nitrogens with zero attached hydrogens (tertiary/aromatic N) is 1. The summed E-state index contributed by atoms with van der Waals surface area (Å²) in [5, 5.41) is 5.52. The van der Waals surface area contributed by atoms with Gasteiger partial charge >= 0.3 is 6.03 Å². The Balaban J connectivity index is 1.56. The van der Waals surface area contributed by atoms with Gasteiger partial charge in [-0.3, -0.25) is 4.79 Å². The molecular weight excluding hydrogens is 354 g/mol. The van der Waals surface area contributed by atoms with Gasteiger partial charge in [0.2, 0.25) is 0 Å². The molecule has 6 heteroatoms. The number of amides is 3. The minimum atomic E-state index is -0.387. The molecule has 3 aromatic carbocycles. The highest BCUT2D eigenvalue weighted by Crippen LogP contribution is 2.38. The zero-order valence-electron chi connectivity index (χ0n) is 15.5. The van der Waals surface area contributed by atoms with E-state index in [0.717, 1.165) is 5.56 Å². The summed E-state index contributed by atoms with van der Waals surface area (Å²) >= 11 is 0. The molecule has 28 heavy (non-hydrogen) atoms. The highest BCUT2D eigenvalue weighted by molar-refractivity contribution is 6.10. The number of fused-ring (bicyclic) bond motifs is 2. The lowest BCUT2D eigenvalue weighted by Crippen LogP contribution is -2.25. The third-order valence-corrected chi connectivity index (χ3v) is 4.53. The molecule has 0 aliphatic carbocycles. The van der Waals surface area contributed by atoms with Gasteiger partial charge in [-0.05, 0) is 49.4 Å². The Bertz CT molecular complexity index is 1060. The van der Waals surface area contributed by atoms with E-state index in [2.05, 4.69) is 10.6 Å². The van der Waals surface area contributed by atoms with Crippen LogP contribution in [-0.2, 0) is 0 Å². The monoisotopic (exact) mass is 373 g/mol. The number of rotatable bonds is 2. The average Bonchev–Trinajstić information content (AvgIpc) is 2.79. The van der Waals surface area contributed by atoms with Crippen LogP contribution >= 0.6 is 0 Å². The van der Waals surface area contributed by atoms with Crippen LogP contribution in [0.4, 0.5) is 21.9 Å². The largest absolute Gasteiger partial charge is 0.454 e. The Morgan fingerprint density at radius 1 is 0.893 bits per heavy atom. The fraction of sp³-hybridized carbons (Fsp3) is 0.0909. The van der Waals surface area contributed by atoms with Gasteiger partial charge in [-0.2, -0.15) is 0 Å². The summed E-state index contributed by atoms with van der Waals surface area (Å²) in [7, 11) is 1.70. The predicted molar refractivity (Wildman–Crippen MR) is 110 cm³/mol. The number of carbonyl (C=O) groups is 2. The van der Waals surface area contributed by atoms with Gasteiger partial charge in [-0.1, -0.05) is 29.8 Å². The van der Waals surface area contributed by atoms with Crippen molar-refractivity contribution in [2.75, 3.05) is 22.6 Å². The van der Waals surface area contributed by atoms with Crippen LogP contribution < -0.4 is 20.3 Å². The first-order chi connectivity index (χ1) is 13.5. The molecule has 1 aliphatic heterocycles. The van der Waals surface area contributed by atoms with Crippen LogP contribution in [0.5, 0.6) is 11.5 Å². The topological polar surface area (TPSA) is 70.7 Å². The molecule has 0 radical (unpaired) electrons. The zero-order valence-corrected chi connectivity index (χ0v) is 15.5. The van der Waals surface area contributed by atoms with Crippen molar-refractivity contribution in [2.24, 2.45) is 0 Å². The standard InChI is InChI=1S/C22H19N3O3/c1-14-7-9-15(10-8-14)23-22(27)24-16-11-12-19-17(13-16)21(26)25(2)18-5-3-4-6-20(18)28-19/h3-13H,1-2H3,(H2,23,24,27). The number of hydrogen-bond acceptors (Lipinski definition) is 3. The number of anilines is 3. The van der Waals surface area contributed by atoms with Gasteiger partial charge in [-0.25, -0.2) is 4.79 Å². The van der Waals surface area contributed by atoms with Crippen molar-refractivity contribution in [3.05, 3.63) is 77.9 Å². The van der Waals surface area contributed by atoms with E-state index in [1.54, 1.807) is 25.2 Å². The molecule has 3 amide bonds. The van der Waals surface area contributed by atoms with Crippen LogP contribution in [0.1, 0.15) is 15.9 Å². The van der Waals surface area contributed by atoms with Gasteiger partial charge in [0.15, 0.2) is 5.75 Å². The van der Waals surface area contributed by atoms with E-state index < -0.39 is 0 Å². The normalized spacial score (nSPS) is 12.4. The second-order valence-electron chi connectivity index (χ2n) is 6.59. The first-order valence-corrected chi connectivity index (χ1v) is 8.85. The lowest BCUT2D eigenvalue weighted by molar-refractivity contribution is 0.0993. The van der Waals surface area contributed by atoms with Gasteiger partial charge in [0.05, 0.1) is 11.3 Å². The smallest absolute Gasteiger partial charge is 0.323 e. The zero-order chi connectivity index (χ0) is 19.7. The Labute approximate surface area is 162 Å². The van der Waals surface area contributed by atoms with Gasteiger partial charge in [0.25, 0.3) is 5.91 Å². The maximum absolute atomic E-state index is 12.9. The van der Waals surface area contributed by atoms with Crippen molar-refractivity contribution in [1.82, 2.24) is 0 Å². The van der Waals surface area contributed by atoms with Gasteiger partial charge in [-0.15, -0.1) is 0 Å². The molecule has 1 heterocycles. The van der Waals surface area contributed by atoms with E-state index in [1.807, 2.05) is 55.5 Å². The number of urea groups is 1. The minimum Gasteiger partial charge on any atom is -0.454 e. The Hall–Kier alpha value is -3.80. The van der Waals surface area contributed by atoms with Crippen molar-refractivity contribution >= 4 is 29.0 Å². The van der Waals surface area contributed by atoms with E-state index in [9.17, 15) is 9.59 Å². The third-order valence-electron chi connectivity index (χ3n) is 4.53. The summed E-state index contributed by atoms with van der Waals surface area (Å²) in [5.41, 5.74) is 3.37. The van der Waals surface area contributed by atoms with E-state index >= 15 is 0 Å². The van der Waals surface area contributed by atoms with Crippen LogP contribution in [-0.4, -0.2) is 19.0 Å². The number of ether oxygens (including phenoxy) is 1. The molecule has 2 N–H and O–H groups in total. The van der Waals surface area contributed by atoms with E-state index in [0.29, 0.717) is 34.1 Å². The maximum Gasteiger partial charge on any atom is 0.323 e. The summed E-state index contributed by atoms with van der Waals surface area (Å²) in [5.74, 6) is 0.851. The first-order valence-electron chi connectivity index (χ1n) is 8.85. The van der Waals surface area contributed by atoms with E-state index in [4.69, 9.17) is 4.74 Å². The van der Waals surface area contributed by atoms with E-state index in [1.165, 1.54) is 4.90 Å². The number of para-hydroxylation sites is 2. The third kappa shape index (κ3) is 3.40. The molecule has 6 nitrogen and oxygen atoms in total. The van der Waals surface area contributed by atoms with Crippen LogP contribution in [0, 0.1) is 6.92 Å². The second-order valence-corrected chi connectivity index (χ2v) is 6.59. The summed E-state index contributed by atoms with van der Waals surface area (Å²) in [6.45, 7) is 1.98. The molecule has 140 valence electrons. The molecule has 3 aromatic rings. The highest BCUT2D eigenvalue weighted by atomic mass is 16.5. The number of nitrogens with one attached hydrogen (secondary N) is 2. The fourth-order valence-electron chi connectivity index (χ4n) is 3.02. The summed E-state index contributed by atoms with van der Waals surface area (Å²) in [4.78, 5) is 26.7. The molecule has 0 spiro atoms. The van der Waals surface area contributed by atoms with Crippen LogP contribution in [0.25, 0.3) is 0 Å². The van der Waals surface area contributed by atoms with Crippen molar-refractivity contribution in [3.63, 3.8) is 0 Å². The van der Waals surface area contributed by atoms with Crippen LogP contribution in [0.15, 0.2) is 66.7 Å². The first kappa shape index (κ1) is 17.6. The van der Waals surface area contributed by atoms with Crippen molar-refractivity contribution in [3.8, 4) is 11.5 Å². The average molecular weight is 373 g/mol. The highest BCUT2D eigenvalue weighted by Gasteiger charge is 2.25. The molecule has 1 aliphatic rings. The minimum absolute atomic E-state index is 0.206. The van der Waals surface area contributed by atoms with Gasteiger partial charge < -0.3 is 20.3 Å². The Kier molecular flexibility index (Phi) is 4.45. The number of carbonyl (C=O) groups excluding carboxylic acids is 2. The molecule has 0 saturated carbocycles. The molecule has 0 aromatic heterocycles. The Morgan fingerprint density at radius 3 is 2.36 bits per heavy atom. The van der Waals surface area contributed by atoms with Gasteiger partial charge in [0.1, 0.15) is 5.75 Å². The van der Waals surface area contributed by atoms with E-state index in [-0.39, 0.29) is 11.9 Å². The van der Waals surface area contributed by atoms with Crippen molar-refractivity contribution in [2.45, 2.75) is 6.92 Å². The number of aryl methyl sites for hydroxylation is 1. The van der Waals surface area contributed by atoms with Crippen molar-refractivity contribution < 1.29 is 14.3 Å². The number of benzene rings is 3. The molecule has 4 rings (SSSR count). The molecular formula is C22H19N3O3. The van der Waals surface area contributed by atoms with Crippen LogP contribution in [0.2, 0.25) is 0 Å². The summed E-state index contributed by atoms with van der Waals surface area (Å²) < 4.78 is 5.92. The molecule has 0 unspecified atom stereocenters. The molecule has 0 atom stereocenters. The summed E-state index contributed by atoms with van der Waals surface area (Å²) in [6.07, 6.45) is 0. The fourth-order valence-corrected chi connectivity index (χ4v) is 3.02. The van der Waals surface area contributed by atoms with Crippen LogP contribution in [0.3, 0.4) is 0 Å². The Morgan fingerprint density at radius 2 is 1.57 bits per heavy atom. The molecule has 0 bridgehead atoms. The SMILES string of the molecule is Cc1ccc(NC(=O)Nc2ccc3c(c2)C(=O)N(C)c2ccccc2O3)cc1. The lowest BCUT2D eigenvalue weighted by atomic mass is 10.1. The lowest BCUT2D eigenvalue weighted by Gasteiger charge is -2.16. The predicted octanol–water partition coefficient (Wildman–Crippen LogP) is 5.02. The number of hydrogen-bond donors (Lipinski definition) is 2.